The van der Waals surface area contributed by atoms with Gasteiger partial charge in [-0.15, -0.1) is 0 Å². The second-order valence-corrected chi connectivity index (χ2v) is 7.73. The Morgan fingerprint density at radius 2 is 1.88 bits per heavy atom. The molecule has 2 aliphatic rings. The van der Waals surface area contributed by atoms with E-state index in [2.05, 4.69) is 48.3 Å². The molecule has 1 N–H and O–H groups in total. The molecule has 0 aromatic heterocycles. The maximum Gasteiger partial charge on any atom is 0.242 e. The molecule has 0 bridgehead atoms. The molecule has 1 saturated heterocycles. The lowest BCUT2D eigenvalue weighted by molar-refractivity contribution is -0.134. The van der Waals surface area contributed by atoms with Crippen LogP contribution in [0.25, 0.3) is 0 Å². The van der Waals surface area contributed by atoms with Crippen molar-refractivity contribution in [2.24, 2.45) is 0 Å². The smallest absolute Gasteiger partial charge is 0.242 e. The SMILES string of the molecule is CC(=O)NCC(=O)N1Cc2ccccc2C2(CCN(C(C)C)CC2)C1. The van der Waals surface area contributed by atoms with Crippen LogP contribution in [-0.2, 0) is 21.5 Å². The van der Waals surface area contributed by atoms with Crippen LogP contribution in [0, 0.1) is 0 Å². The highest BCUT2D eigenvalue weighted by Crippen LogP contribution is 2.42. The van der Waals surface area contributed by atoms with Crippen molar-refractivity contribution in [3.8, 4) is 0 Å². The minimum Gasteiger partial charge on any atom is -0.347 e. The Balaban J connectivity index is 1.82. The number of piperidine rings is 1. The van der Waals surface area contributed by atoms with Crippen molar-refractivity contribution in [3.05, 3.63) is 35.4 Å². The molecule has 0 saturated carbocycles. The summed E-state index contributed by atoms with van der Waals surface area (Å²) < 4.78 is 0. The third-order valence-corrected chi connectivity index (χ3v) is 5.77. The van der Waals surface area contributed by atoms with Gasteiger partial charge in [-0.2, -0.15) is 0 Å². The molecule has 0 aliphatic carbocycles. The summed E-state index contributed by atoms with van der Waals surface area (Å²) in [5.74, 6) is -0.152. The fraction of sp³-hybridized carbons (Fsp3) is 0.600. The molecule has 2 aliphatic heterocycles. The van der Waals surface area contributed by atoms with Gasteiger partial charge in [0.15, 0.2) is 0 Å². The van der Waals surface area contributed by atoms with Gasteiger partial charge >= 0.3 is 0 Å². The first-order valence-corrected chi connectivity index (χ1v) is 9.26. The van der Waals surface area contributed by atoms with Crippen molar-refractivity contribution >= 4 is 11.8 Å². The van der Waals surface area contributed by atoms with Gasteiger partial charge in [-0.25, -0.2) is 0 Å². The lowest BCUT2D eigenvalue weighted by Crippen LogP contribution is -2.55. The van der Waals surface area contributed by atoms with Gasteiger partial charge in [-0.1, -0.05) is 24.3 Å². The fourth-order valence-electron chi connectivity index (χ4n) is 4.27. The van der Waals surface area contributed by atoms with E-state index >= 15 is 0 Å². The number of fused-ring (bicyclic) bond motifs is 2. The maximum atomic E-state index is 12.6. The highest BCUT2D eigenvalue weighted by molar-refractivity contribution is 5.84. The summed E-state index contributed by atoms with van der Waals surface area (Å²) in [6, 6.07) is 9.12. The minimum absolute atomic E-state index is 0.00960. The molecule has 25 heavy (non-hydrogen) atoms. The number of hydrogen-bond donors (Lipinski definition) is 1. The Morgan fingerprint density at radius 3 is 2.52 bits per heavy atom. The van der Waals surface area contributed by atoms with E-state index < -0.39 is 0 Å². The normalized spacial score (nSPS) is 19.8. The highest BCUT2D eigenvalue weighted by atomic mass is 16.2. The van der Waals surface area contributed by atoms with Gasteiger partial charge in [-0.3, -0.25) is 9.59 Å². The molecule has 1 aromatic carbocycles. The van der Waals surface area contributed by atoms with Crippen molar-refractivity contribution in [2.75, 3.05) is 26.2 Å². The van der Waals surface area contributed by atoms with Crippen LogP contribution in [0.1, 0.15) is 44.7 Å². The summed E-state index contributed by atoms with van der Waals surface area (Å²) in [7, 11) is 0. The second kappa shape index (κ2) is 7.16. The first-order valence-electron chi connectivity index (χ1n) is 9.26. The van der Waals surface area contributed by atoms with E-state index in [1.54, 1.807) is 0 Å². The molecule has 0 radical (unpaired) electrons. The predicted octanol–water partition coefficient (Wildman–Crippen LogP) is 1.91. The molecule has 1 spiro atoms. The van der Waals surface area contributed by atoms with Crippen molar-refractivity contribution in [3.63, 3.8) is 0 Å². The standard InChI is InChI=1S/C20H29N3O2/c1-15(2)22-10-8-20(9-11-22)14-23(19(25)12-21-16(3)24)13-17-6-4-5-7-18(17)20/h4-7,15H,8-14H2,1-3H3,(H,21,24). The van der Waals surface area contributed by atoms with Crippen LogP contribution in [0.2, 0.25) is 0 Å². The van der Waals surface area contributed by atoms with Crippen molar-refractivity contribution in [1.29, 1.82) is 0 Å². The Bertz CT molecular complexity index is 648. The van der Waals surface area contributed by atoms with E-state index in [4.69, 9.17) is 0 Å². The summed E-state index contributed by atoms with van der Waals surface area (Å²) in [6.45, 7) is 9.57. The predicted molar refractivity (Wildman–Crippen MR) is 98.2 cm³/mol. The highest BCUT2D eigenvalue weighted by Gasteiger charge is 2.43. The quantitative estimate of drug-likeness (QED) is 0.912. The number of carbonyl (C=O) groups is 2. The first kappa shape index (κ1) is 17.9. The number of rotatable bonds is 3. The summed E-state index contributed by atoms with van der Waals surface area (Å²) in [6.07, 6.45) is 2.15. The third-order valence-electron chi connectivity index (χ3n) is 5.77. The molecule has 2 amide bonds. The summed E-state index contributed by atoms with van der Waals surface area (Å²) in [5, 5.41) is 2.64. The molecule has 136 valence electrons. The van der Waals surface area contributed by atoms with E-state index in [1.807, 2.05) is 4.90 Å². The van der Waals surface area contributed by atoms with Gasteiger partial charge in [0, 0.05) is 31.5 Å². The zero-order chi connectivity index (χ0) is 18.0. The van der Waals surface area contributed by atoms with E-state index in [9.17, 15) is 9.59 Å². The van der Waals surface area contributed by atoms with Gasteiger partial charge in [0.25, 0.3) is 0 Å². The van der Waals surface area contributed by atoms with Crippen LogP contribution in [-0.4, -0.2) is 53.8 Å². The Kier molecular flexibility index (Phi) is 5.13. The molecule has 1 fully saturated rings. The van der Waals surface area contributed by atoms with E-state index in [0.717, 1.165) is 32.5 Å². The molecular formula is C20H29N3O2. The summed E-state index contributed by atoms with van der Waals surface area (Å²) in [4.78, 5) is 28.2. The zero-order valence-corrected chi connectivity index (χ0v) is 15.5. The number of benzene rings is 1. The minimum atomic E-state index is -0.161. The lowest BCUT2D eigenvalue weighted by atomic mass is 9.68. The Morgan fingerprint density at radius 1 is 1.20 bits per heavy atom. The van der Waals surface area contributed by atoms with Gasteiger partial charge in [0.05, 0.1) is 6.54 Å². The van der Waals surface area contributed by atoms with E-state index in [1.165, 1.54) is 18.1 Å². The zero-order valence-electron chi connectivity index (χ0n) is 15.5. The van der Waals surface area contributed by atoms with Crippen LogP contribution in [0.4, 0.5) is 0 Å². The van der Waals surface area contributed by atoms with Crippen molar-refractivity contribution in [2.45, 2.75) is 51.6 Å². The van der Waals surface area contributed by atoms with Crippen LogP contribution >= 0.6 is 0 Å². The van der Waals surface area contributed by atoms with Gasteiger partial charge in [-0.05, 0) is 50.9 Å². The number of nitrogens with one attached hydrogen (secondary N) is 1. The van der Waals surface area contributed by atoms with Crippen LogP contribution < -0.4 is 5.32 Å². The summed E-state index contributed by atoms with van der Waals surface area (Å²) >= 11 is 0. The number of amides is 2. The molecule has 2 heterocycles. The van der Waals surface area contributed by atoms with E-state index in [-0.39, 0.29) is 23.8 Å². The van der Waals surface area contributed by atoms with Gasteiger partial charge in [0.2, 0.25) is 11.8 Å². The monoisotopic (exact) mass is 343 g/mol. The summed E-state index contributed by atoms with van der Waals surface area (Å²) in [5.41, 5.74) is 2.72. The largest absolute Gasteiger partial charge is 0.347 e. The molecule has 0 unspecified atom stereocenters. The van der Waals surface area contributed by atoms with Gasteiger partial charge in [0.1, 0.15) is 0 Å². The molecule has 1 aromatic rings. The second-order valence-electron chi connectivity index (χ2n) is 7.73. The van der Waals surface area contributed by atoms with Crippen LogP contribution in [0.15, 0.2) is 24.3 Å². The third kappa shape index (κ3) is 3.71. The van der Waals surface area contributed by atoms with Gasteiger partial charge < -0.3 is 15.1 Å². The number of hydrogen-bond acceptors (Lipinski definition) is 3. The number of nitrogens with zero attached hydrogens (tertiary/aromatic N) is 2. The van der Waals surface area contributed by atoms with Crippen LogP contribution in [0.3, 0.4) is 0 Å². The fourth-order valence-corrected chi connectivity index (χ4v) is 4.27. The Labute approximate surface area is 150 Å². The van der Waals surface area contributed by atoms with Crippen molar-refractivity contribution in [1.82, 2.24) is 15.1 Å². The number of carbonyl (C=O) groups excluding carboxylic acids is 2. The maximum absolute atomic E-state index is 12.6. The van der Waals surface area contributed by atoms with E-state index in [0.29, 0.717) is 12.6 Å². The Hall–Kier alpha value is -1.88. The van der Waals surface area contributed by atoms with Crippen LogP contribution in [0.5, 0.6) is 0 Å². The molecule has 5 heteroatoms. The average molecular weight is 343 g/mol. The molecule has 5 nitrogen and oxygen atoms in total. The topological polar surface area (TPSA) is 52.7 Å². The molecule has 3 rings (SSSR count). The van der Waals surface area contributed by atoms with Crippen molar-refractivity contribution < 1.29 is 9.59 Å². The lowest BCUT2D eigenvalue weighted by Gasteiger charge is -2.49. The molecule has 0 atom stereocenters. The number of likely N-dealkylation sites (tertiary alicyclic amines) is 1. The molecular weight excluding hydrogens is 314 g/mol. The average Bonchev–Trinajstić information content (AvgIpc) is 2.60. The first-order chi connectivity index (χ1) is 11.9.